The first kappa shape index (κ1) is 12.1. The number of carbonyl (C=O) groups is 1. The van der Waals surface area contributed by atoms with Crippen molar-refractivity contribution in [3.63, 3.8) is 0 Å². The van der Waals surface area contributed by atoms with Crippen molar-refractivity contribution >= 4 is 11.6 Å². The van der Waals surface area contributed by atoms with E-state index in [9.17, 15) is 4.79 Å². The van der Waals surface area contributed by atoms with Gasteiger partial charge >= 0.3 is 0 Å². The van der Waals surface area contributed by atoms with Crippen LogP contribution in [0.5, 0.6) is 0 Å². The number of anilines is 1. The van der Waals surface area contributed by atoms with Gasteiger partial charge in [0.15, 0.2) is 0 Å². The van der Waals surface area contributed by atoms with E-state index < -0.39 is 0 Å². The molecule has 6 heteroatoms. The molecule has 0 saturated carbocycles. The second kappa shape index (κ2) is 4.87. The number of hydrogen-bond acceptors (Lipinski definition) is 4. The number of rotatable bonds is 3. The van der Waals surface area contributed by atoms with Crippen molar-refractivity contribution in [2.24, 2.45) is 0 Å². The van der Waals surface area contributed by atoms with E-state index in [2.05, 4.69) is 15.0 Å². The van der Waals surface area contributed by atoms with Gasteiger partial charge in [-0.3, -0.25) is 9.78 Å². The van der Waals surface area contributed by atoms with E-state index in [-0.39, 0.29) is 5.91 Å². The number of nitrogens with one attached hydrogen (secondary N) is 1. The molecule has 0 aliphatic carbocycles. The molecule has 3 N–H and O–H groups in total. The largest absolute Gasteiger partial charge is 0.398 e. The third-order valence-corrected chi connectivity index (χ3v) is 2.59. The molecule has 0 aromatic carbocycles. The molecule has 0 saturated heterocycles. The highest BCUT2D eigenvalue weighted by Crippen LogP contribution is 2.14. The summed E-state index contributed by atoms with van der Waals surface area (Å²) in [6.07, 6.45) is 4.87. The minimum atomic E-state index is -0.170. The van der Waals surface area contributed by atoms with Crippen molar-refractivity contribution in [3.8, 4) is 0 Å². The lowest BCUT2D eigenvalue weighted by atomic mass is 10.2. The normalized spacial score (nSPS) is 10.3. The molecule has 0 radical (unpaired) electrons. The summed E-state index contributed by atoms with van der Waals surface area (Å²) in [5.74, 6) is 0.556. The standard InChI is InChI=1S/C12H15N5O/c1-8-5-10(13)9(6-16-8)12(18)17(2)7-11-14-3-4-15-11/h3-6H,7H2,1-2H3,(H2,13,16)(H,14,15). The Hall–Kier alpha value is -2.37. The maximum atomic E-state index is 12.2. The highest BCUT2D eigenvalue weighted by atomic mass is 16.2. The van der Waals surface area contributed by atoms with Gasteiger partial charge in [-0.05, 0) is 13.0 Å². The number of aryl methyl sites for hydroxylation is 1. The Morgan fingerprint density at radius 2 is 2.28 bits per heavy atom. The average molecular weight is 245 g/mol. The van der Waals surface area contributed by atoms with Crippen molar-refractivity contribution in [2.45, 2.75) is 13.5 Å². The predicted octanol–water partition coefficient (Wildman–Crippen LogP) is 0.968. The summed E-state index contributed by atoms with van der Waals surface area (Å²) < 4.78 is 0. The zero-order valence-electron chi connectivity index (χ0n) is 10.3. The number of hydrogen-bond donors (Lipinski definition) is 2. The minimum absolute atomic E-state index is 0.170. The minimum Gasteiger partial charge on any atom is -0.398 e. The van der Waals surface area contributed by atoms with Gasteiger partial charge in [0, 0.05) is 37.0 Å². The molecule has 0 aliphatic rings. The van der Waals surface area contributed by atoms with Gasteiger partial charge in [0.2, 0.25) is 0 Å². The van der Waals surface area contributed by atoms with E-state index in [0.29, 0.717) is 17.8 Å². The van der Waals surface area contributed by atoms with Crippen molar-refractivity contribution in [1.29, 1.82) is 0 Å². The van der Waals surface area contributed by atoms with Gasteiger partial charge in [-0.1, -0.05) is 0 Å². The Balaban J connectivity index is 2.15. The van der Waals surface area contributed by atoms with Crippen LogP contribution in [0.15, 0.2) is 24.7 Å². The number of pyridine rings is 1. The Kier molecular flexibility index (Phi) is 3.27. The van der Waals surface area contributed by atoms with Crippen LogP contribution in [0.2, 0.25) is 0 Å². The zero-order chi connectivity index (χ0) is 13.1. The highest BCUT2D eigenvalue weighted by molar-refractivity contribution is 5.98. The van der Waals surface area contributed by atoms with E-state index >= 15 is 0 Å². The molecular formula is C12H15N5O. The monoisotopic (exact) mass is 245 g/mol. The fraction of sp³-hybridized carbons (Fsp3) is 0.250. The van der Waals surface area contributed by atoms with Crippen molar-refractivity contribution in [2.75, 3.05) is 12.8 Å². The van der Waals surface area contributed by atoms with Crippen LogP contribution in [0.1, 0.15) is 21.9 Å². The first-order valence-corrected chi connectivity index (χ1v) is 5.54. The zero-order valence-corrected chi connectivity index (χ0v) is 10.3. The second-order valence-corrected chi connectivity index (χ2v) is 4.11. The lowest BCUT2D eigenvalue weighted by molar-refractivity contribution is 0.0782. The molecular weight excluding hydrogens is 230 g/mol. The molecule has 18 heavy (non-hydrogen) atoms. The number of nitrogens with two attached hydrogens (primary N) is 1. The van der Waals surface area contributed by atoms with E-state index in [1.165, 1.54) is 6.20 Å². The topological polar surface area (TPSA) is 87.9 Å². The smallest absolute Gasteiger partial charge is 0.257 e. The predicted molar refractivity (Wildman–Crippen MR) is 67.8 cm³/mol. The molecule has 2 heterocycles. The van der Waals surface area contributed by atoms with Crippen LogP contribution in [0.3, 0.4) is 0 Å². The summed E-state index contributed by atoms with van der Waals surface area (Å²) in [7, 11) is 1.70. The van der Waals surface area contributed by atoms with Crippen LogP contribution in [0.25, 0.3) is 0 Å². The molecule has 2 aromatic rings. The van der Waals surface area contributed by atoms with E-state index in [1.54, 1.807) is 30.4 Å². The quantitative estimate of drug-likeness (QED) is 0.843. The van der Waals surface area contributed by atoms with Gasteiger partial charge in [0.25, 0.3) is 5.91 Å². The van der Waals surface area contributed by atoms with Gasteiger partial charge in [-0.2, -0.15) is 0 Å². The molecule has 94 valence electrons. The molecule has 6 nitrogen and oxygen atoms in total. The maximum absolute atomic E-state index is 12.2. The van der Waals surface area contributed by atoms with E-state index in [4.69, 9.17) is 5.73 Å². The summed E-state index contributed by atoms with van der Waals surface area (Å²) in [5.41, 5.74) is 7.47. The number of aromatic nitrogens is 3. The van der Waals surface area contributed by atoms with Crippen molar-refractivity contribution in [3.05, 3.63) is 41.7 Å². The van der Waals surface area contributed by atoms with Crippen LogP contribution < -0.4 is 5.73 Å². The summed E-state index contributed by atoms with van der Waals surface area (Å²) >= 11 is 0. The molecule has 0 atom stereocenters. The first-order chi connectivity index (χ1) is 8.58. The van der Waals surface area contributed by atoms with Crippen LogP contribution in [-0.2, 0) is 6.54 Å². The maximum Gasteiger partial charge on any atom is 0.257 e. The lowest BCUT2D eigenvalue weighted by Gasteiger charge is -2.16. The SMILES string of the molecule is Cc1cc(N)c(C(=O)N(C)Cc2ncc[nH]2)cn1. The van der Waals surface area contributed by atoms with E-state index in [1.807, 2.05) is 6.92 Å². The first-order valence-electron chi connectivity index (χ1n) is 5.54. The summed E-state index contributed by atoms with van der Waals surface area (Å²) in [5, 5.41) is 0. The van der Waals surface area contributed by atoms with E-state index in [0.717, 1.165) is 11.5 Å². The molecule has 0 spiro atoms. The summed E-state index contributed by atoms with van der Waals surface area (Å²) in [6.45, 7) is 2.23. The molecule has 0 fully saturated rings. The third kappa shape index (κ3) is 2.48. The van der Waals surface area contributed by atoms with Gasteiger partial charge in [0.05, 0.1) is 12.1 Å². The Labute approximate surface area is 105 Å². The Morgan fingerprint density at radius 1 is 1.50 bits per heavy atom. The summed E-state index contributed by atoms with van der Waals surface area (Å²) in [4.78, 5) is 24.8. The van der Waals surface area contributed by atoms with Gasteiger partial charge in [-0.25, -0.2) is 4.98 Å². The van der Waals surface area contributed by atoms with Crippen LogP contribution in [0, 0.1) is 6.92 Å². The average Bonchev–Trinajstić information content (AvgIpc) is 2.81. The van der Waals surface area contributed by atoms with Gasteiger partial charge < -0.3 is 15.6 Å². The second-order valence-electron chi connectivity index (χ2n) is 4.11. The fourth-order valence-corrected chi connectivity index (χ4v) is 1.65. The van der Waals surface area contributed by atoms with Gasteiger partial charge in [0.1, 0.15) is 5.82 Å². The summed E-state index contributed by atoms with van der Waals surface area (Å²) in [6, 6.07) is 1.69. The number of carbonyl (C=O) groups excluding carboxylic acids is 1. The number of imidazole rings is 1. The molecule has 2 aromatic heterocycles. The number of nitrogens with zero attached hydrogens (tertiary/aromatic N) is 3. The van der Waals surface area contributed by atoms with Crippen LogP contribution in [0.4, 0.5) is 5.69 Å². The number of H-pyrrole nitrogens is 1. The third-order valence-electron chi connectivity index (χ3n) is 2.59. The Bertz CT molecular complexity index is 550. The number of nitrogen functional groups attached to an aromatic ring is 1. The lowest BCUT2D eigenvalue weighted by Crippen LogP contribution is -2.27. The number of amides is 1. The molecule has 1 amide bonds. The Morgan fingerprint density at radius 3 is 2.89 bits per heavy atom. The molecule has 2 rings (SSSR count). The molecule has 0 aliphatic heterocycles. The van der Waals surface area contributed by atoms with Crippen LogP contribution in [-0.4, -0.2) is 32.8 Å². The van der Waals surface area contributed by atoms with Crippen LogP contribution >= 0.6 is 0 Å². The number of aromatic amines is 1. The van der Waals surface area contributed by atoms with Crippen molar-refractivity contribution < 1.29 is 4.79 Å². The highest BCUT2D eigenvalue weighted by Gasteiger charge is 2.16. The van der Waals surface area contributed by atoms with Crippen molar-refractivity contribution in [1.82, 2.24) is 19.9 Å². The molecule has 0 bridgehead atoms. The molecule has 0 unspecified atom stereocenters. The van der Waals surface area contributed by atoms with Gasteiger partial charge in [-0.15, -0.1) is 0 Å². The fourth-order valence-electron chi connectivity index (χ4n) is 1.65.